The molecule has 0 aromatic heterocycles. The van der Waals surface area contributed by atoms with E-state index in [1.54, 1.807) is 0 Å². The number of hydrogen-bond acceptors (Lipinski definition) is 5. The Bertz CT molecular complexity index is 1490. The lowest BCUT2D eigenvalue weighted by molar-refractivity contribution is 0.101. The van der Waals surface area contributed by atoms with Gasteiger partial charge in [0, 0.05) is 47.8 Å². The standard InChI is InChI=1S/C34H36N4O3/c1-24-4-7-28(34(40)36-30-14-16-31(17-15-30)38-18-20-41-21-19-38)22-32(24)26-10-12-29(13-11-26)35-33(39)27-8-5-25(6-9-27)23-37(2)3/h4-17,22H,18-21,23H2,1-3H3,(H,35,39)(H,36,40). The second-order valence-corrected chi connectivity index (χ2v) is 10.6. The first-order valence-corrected chi connectivity index (χ1v) is 13.9. The summed E-state index contributed by atoms with van der Waals surface area (Å²) in [6.45, 7) is 6.06. The third kappa shape index (κ3) is 7.20. The van der Waals surface area contributed by atoms with Crippen LogP contribution in [0, 0.1) is 6.92 Å². The van der Waals surface area contributed by atoms with Crippen molar-refractivity contribution in [2.45, 2.75) is 13.5 Å². The largest absolute Gasteiger partial charge is 0.378 e. The number of ether oxygens (including phenoxy) is 1. The molecule has 1 aliphatic heterocycles. The lowest BCUT2D eigenvalue weighted by Gasteiger charge is -2.28. The fraction of sp³-hybridized carbons (Fsp3) is 0.235. The monoisotopic (exact) mass is 548 g/mol. The maximum atomic E-state index is 13.1. The molecule has 0 aliphatic carbocycles. The van der Waals surface area contributed by atoms with E-state index in [1.807, 2.05) is 112 Å². The second-order valence-electron chi connectivity index (χ2n) is 10.6. The van der Waals surface area contributed by atoms with Crippen molar-refractivity contribution >= 4 is 28.9 Å². The number of hydrogen-bond donors (Lipinski definition) is 2. The third-order valence-electron chi connectivity index (χ3n) is 7.17. The zero-order valence-corrected chi connectivity index (χ0v) is 23.8. The minimum Gasteiger partial charge on any atom is -0.378 e. The molecule has 2 amide bonds. The fourth-order valence-electron chi connectivity index (χ4n) is 4.92. The van der Waals surface area contributed by atoms with Crippen molar-refractivity contribution in [1.29, 1.82) is 0 Å². The Hall–Kier alpha value is -4.46. The number of nitrogens with zero attached hydrogens (tertiary/aromatic N) is 2. The van der Waals surface area contributed by atoms with Gasteiger partial charge in [-0.3, -0.25) is 9.59 Å². The molecule has 41 heavy (non-hydrogen) atoms. The number of morpholine rings is 1. The van der Waals surface area contributed by atoms with Gasteiger partial charge in [0.05, 0.1) is 13.2 Å². The maximum Gasteiger partial charge on any atom is 0.255 e. The van der Waals surface area contributed by atoms with Crippen LogP contribution in [0.3, 0.4) is 0 Å². The van der Waals surface area contributed by atoms with Crippen molar-refractivity contribution in [3.63, 3.8) is 0 Å². The highest BCUT2D eigenvalue weighted by atomic mass is 16.5. The van der Waals surface area contributed by atoms with Gasteiger partial charge in [0.15, 0.2) is 0 Å². The molecule has 0 unspecified atom stereocenters. The first-order chi connectivity index (χ1) is 19.9. The Morgan fingerprint density at radius 2 is 1.32 bits per heavy atom. The van der Waals surface area contributed by atoms with E-state index in [9.17, 15) is 9.59 Å². The molecule has 5 rings (SSSR count). The highest BCUT2D eigenvalue weighted by Crippen LogP contribution is 2.27. The van der Waals surface area contributed by atoms with Crippen LogP contribution in [0.25, 0.3) is 11.1 Å². The summed E-state index contributed by atoms with van der Waals surface area (Å²) in [5, 5.41) is 5.98. The minimum atomic E-state index is -0.161. The molecule has 0 atom stereocenters. The summed E-state index contributed by atoms with van der Waals surface area (Å²) in [7, 11) is 4.03. The number of rotatable bonds is 8. The molecule has 1 fully saturated rings. The van der Waals surface area contributed by atoms with Crippen molar-refractivity contribution in [3.05, 3.63) is 113 Å². The molecular weight excluding hydrogens is 512 g/mol. The highest BCUT2D eigenvalue weighted by Gasteiger charge is 2.13. The normalized spacial score (nSPS) is 13.2. The van der Waals surface area contributed by atoms with Crippen molar-refractivity contribution in [1.82, 2.24) is 4.90 Å². The van der Waals surface area contributed by atoms with Gasteiger partial charge in [-0.15, -0.1) is 0 Å². The van der Waals surface area contributed by atoms with Crippen molar-refractivity contribution in [2.75, 3.05) is 55.9 Å². The quantitative estimate of drug-likeness (QED) is 0.280. The van der Waals surface area contributed by atoms with Gasteiger partial charge in [0.1, 0.15) is 0 Å². The van der Waals surface area contributed by atoms with Crippen LogP contribution in [0.15, 0.2) is 91.0 Å². The number of carbonyl (C=O) groups is 2. The van der Waals surface area contributed by atoms with Crippen LogP contribution in [0.2, 0.25) is 0 Å². The van der Waals surface area contributed by atoms with E-state index in [0.717, 1.165) is 66.5 Å². The molecule has 1 heterocycles. The molecule has 4 aromatic carbocycles. The van der Waals surface area contributed by atoms with Gasteiger partial charge in [-0.1, -0.05) is 30.3 Å². The molecule has 1 saturated heterocycles. The van der Waals surface area contributed by atoms with E-state index in [2.05, 4.69) is 20.4 Å². The van der Waals surface area contributed by atoms with E-state index in [0.29, 0.717) is 16.8 Å². The molecule has 4 aromatic rings. The number of anilines is 3. The van der Waals surface area contributed by atoms with Crippen LogP contribution in [0.5, 0.6) is 0 Å². The van der Waals surface area contributed by atoms with Crippen LogP contribution < -0.4 is 15.5 Å². The molecule has 0 spiro atoms. The molecule has 7 heteroatoms. The number of nitrogens with one attached hydrogen (secondary N) is 2. The summed E-state index contributed by atoms with van der Waals surface area (Å²) in [6, 6.07) is 29.0. The van der Waals surface area contributed by atoms with Crippen LogP contribution in [0.1, 0.15) is 31.8 Å². The Labute approximate surface area is 241 Å². The molecule has 0 radical (unpaired) electrons. The number of carbonyl (C=O) groups excluding carboxylic acids is 2. The summed E-state index contributed by atoms with van der Waals surface area (Å²) in [6.07, 6.45) is 0. The molecule has 1 aliphatic rings. The summed E-state index contributed by atoms with van der Waals surface area (Å²) in [5.74, 6) is -0.312. The van der Waals surface area contributed by atoms with E-state index in [-0.39, 0.29) is 11.8 Å². The van der Waals surface area contributed by atoms with Crippen LogP contribution in [0.4, 0.5) is 17.1 Å². The van der Waals surface area contributed by atoms with E-state index in [1.165, 1.54) is 0 Å². The van der Waals surface area contributed by atoms with Gasteiger partial charge in [0.2, 0.25) is 0 Å². The minimum absolute atomic E-state index is 0.151. The Morgan fingerprint density at radius 1 is 0.756 bits per heavy atom. The molecule has 210 valence electrons. The van der Waals surface area contributed by atoms with Gasteiger partial charge in [-0.25, -0.2) is 0 Å². The van der Waals surface area contributed by atoms with Gasteiger partial charge >= 0.3 is 0 Å². The van der Waals surface area contributed by atoms with Gasteiger partial charge in [0.25, 0.3) is 11.8 Å². The fourth-order valence-corrected chi connectivity index (χ4v) is 4.92. The van der Waals surface area contributed by atoms with Crippen LogP contribution in [-0.4, -0.2) is 57.1 Å². The average Bonchev–Trinajstić information content (AvgIpc) is 2.99. The number of amides is 2. The summed E-state index contributed by atoms with van der Waals surface area (Å²) in [5.41, 5.74) is 7.94. The molecule has 0 bridgehead atoms. The third-order valence-corrected chi connectivity index (χ3v) is 7.17. The SMILES string of the molecule is Cc1ccc(C(=O)Nc2ccc(N3CCOCC3)cc2)cc1-c1ccc(NC(=O)c2ccc(CN(C)C)cc2)cc1. The first-order valence-electron chi connectivity index (χ1n) is 13.9. The van der Waals surface area contributed by atoms with Crippen LogP contribution in [-0.2, 0) is 11.3 Å². The molecule has 0 saturated carbocycles. The van der Waals surface area contributed by atoms with Gasteiger partial charge in [-0.2, -0.15) is 0 Å². The smallest absolute Gasteiger partial charge is 0.255 e. The number of aryl methyl sites for hydroxylation is 1. The van der Waals surface area contributed by atoms with Crippen molar-refractivity contribution in [2.24, 2.45) is 0 Å². The Kier molecular flexibility index (Phi) is 8.77. The van der Waals surface area contributed by atoms with Crippen molar-refractivity contribution in [3.8, 4) is 11.1 Å². The highest BCUT2D eigenvalue weighted by molar-refractivity contribution is 6.05. The average molecular weight is 549 g/mol. The number of benzene rings is 4. The molecule has 7 nitrogen and oxygen atoms in total. The van der Waals surface area contributed by atoms with E-state index < -0.39 is 0 Å². The lowest BCUT2D eigenvalue weighted by Crippen LogP contribution is -2.36. The lowest BCUT2D eigenvalue weighted by atomic mass is 9.97. The summed E-state index contributed by atoms with van der Waals surface area (Å²) < 4.78 is 5.43. The predicted molar refractivity (Wildman–Crippen MR) is 166 cm³/mol. The Balaban J connectivity index is 1.23. The van der Waals surface area contributed by atoms with E-state index >= 15 is 0 Å². The zero-order valence-electron chi connectivity index (χ0n) is 23.8. The predicted octanol–water partition coefficient (Wildman–Crippen LogP) is 6.06. The summed E-state index contributed by atoms with van der Waals surface area (Å²) >= 11 is 0. The van der Waals surface area contributed by atoms with Gasteiger partial charge in [-0.05, 0) is 104 Å². The second kappa shape index (κ2) is 12.8. The summed E-state index contributed by atoms with van der Waals surface area (Å²) in [4.78, 5) is 30.2. The van der Waals surface area contributed by atoms with Gasteiger partial charge < -0.3 is 25.2 Å². The topological polar surface area (TPSA) is 73.9 Å². The zero-order chi connectivity index (χ0) is 28.8. The molecule has 2 N–H and O–H groups in total. The Morgan fingerprint density at radius 3 is 1.93 bits per heavy atom. The first kappa shape index (κ1) is 28.1. The van der Waals surface area contributed by atoms with Crippen molar-refractivity contribution < 1.29 is 14.3 Å². The molecular formula is C34H36N4O3. The maximum absolute atomic E-state index is 13.1. The van der Waals surface area contributed by atoms with Crippen LogP contribution >= 0.6 is 0 Å². The van der Waals surface area contributed by atoms with E-state index in [4.69, 9.17) is 4.74 Å².